The van der Waals surface area contributed by atoms with Gasteiger partial charge in [0.2, 0.25) is 6.29 Å². The van der Waals surface area contributed by atoms with Gasteiger partial charge >= 0.3 is 0 Å². The van der Waals surface area contributed by atoms with Crippen LogP contribution in [0.2, 0.25) is 0 Å². The van der Waals surface area contributed by atoms with Crippen LogP contribution >= 0.6 is 0 Å². The van der Waals surface area contributed by atoms with E-state index < -0.39 is 37.3 Å². The lowest BCUT2D eigenvalue weighted by Gasteiger charge is -2.39. The van der Waals surface area contributed by atoms with Crippen molar-refractivity contribution < 1.29 is 39.4 Å². The van der Waals surface area contributed by atoms with Gasteiger partial charge in [-0.15, -0.1) is 0 Å². The Morgan fingerprint density at radius 1 is 1.12 bits per heavy atom. The Hall–Kier alpha value is -1.68. The summed E-state index contributed by atoms with van der Waals surface area (Å²) in [5.41, 5.74) is 0.864. The molecule has 0 aromatic heterocycles. The minimum Gasteiger partial charge on any atom is -0.493 e. The molecule has 0 aliphatic carbocycles. The molecule has 1 saturated heterocycles. The summed E-state index contributed by atoms with van der Waals surface area (Å²) >= 11 is 0. The number of hydrogen-bond donors (Lipinski definition) is 4. The zero-order valence-corrected chi connectivity index (χ0v) is 14.8. The van der Waals surface area contributed by atoms with Crippen LogP contribution in [-0.2, 0) is 9.47 Å². The van der Waals surface area contributed by atoms with Crippen LogP contribution in [0.4, 0.5) is 0 Å². The van der Waals surface area contributed by atoms with Gasteiger partial charge < -0.3 is 39.4 Å². The lowest BCUT2D eigenvalue weighted by atomic mass is 9.99. The summed E-state index contributed by atoms with van der Waals surface area (Å²) in [5.74, 6) is 0.694. The van der Waals surface area contributed by atoms with Crippen LogP contribution < -0.4 is 9.47 Å². The van der Waals surface area contributed by atoms with E-state index in [0.717, 1.165) is 5.56 Å². The highest BCUT2D eigenvalue weighted by molar-refractivity contribution is 5.56. The van der Waals surface area contributed by atoms with Crippen molar-refractivity contribution in [1.82, 2.24) is 0 Å². The van der Waals surface area contributed by atoms with Crippen molar-refractivity contribution in [2.45, 2.75) is 37.6 Å². The first-order valence-corrected chi connectivity index (χ1v) is 8.41. The minimum absolute atomic E-state index is 0.291. The molecule has 2 rings (SSSR count). The average molecular weight is 370 g/mol. The topological polar surface area (TPSA) is 118 Å². The molecule has 1 fully saturated rings. The predicted octanol–water partition coefficient (Wildman–Crippen LogP) is -0.0764. The zero-order chi connectivity index (χ0) is 19.1. The summed E-state index contributed by atoms with van der Waals surface area (Å²) in [6, 6.07) is 5.16. The van der Waals surface area contributed by atoms with Crippen molar-refractivity contribution in [1.29, 1.82) is 0 Å². The molecular weight excluding hydrogens is 344 g/mol. The molecule has 0 saturated carbocycles. The Morgan fingerprint density at radius 3 is 2.54 bits per heavy atom. The molecule has 1 aromatic rings. The van der Waals surface area contributed by atoms with Gasteiger partial charge in [-0.3, -0.25) is 0 Å². The molecule has 26 heavy (non-hydrogen) atoms. The van der Waals surface area contributed by atoms with Crippen molar-refractivity contribution >= 4 is 6.08 Å². The highest BCUT2D eigenvalue weighted by atomic mass is 16.7. The quantitative estimate of drug-likeness (QED) is 0.470. The Balaban J connectivity index is 2.11. The van der Waals surface area contributed by atoms with E-state index in [4.69, 9.17) is 18.9 Å². The molecule has 1 heterocycles. The average Bonchev–Trinajstić information content (AvgIpc) is 2.66. The Bertz CT molecular complexity index is 589. The molecule has 1 aliphatic heterocycles. The largest absolute Gasteiger partial charge is 0.493 e. The molecule has 5 unspecified atom stereocenters. The van der Waals surface area contributed by atoms with Gasteiger partial charge in [0, 0.05) is 6.61 Å². The van der Waals surface area contributed by atoms with Crippen molar-refractivity contribution in [2.24, 2.45) is 0 Å². The van der Waals surface area contributed by atoms with E-state index in [1.807, 2.05) is 19.1 Å². The standard InChI is InChI=1S/C18H26O8/c1-3-24-8-4-5-11-6-7-12(13(9-11)23-2)25-18-17(22)16(21)15(20)14(10-19)26-18/h4-7,9,14-22H,3,8,10H2,1-2H3. The summed E-state index contributed by atoms with van der Waals surface area (Å²) in [6.07, 6.45) is -2.98. The second kappa shape index (κ2) is 9.86. The van der Waals surface area contributed by atoms with E-state index in [1.54, 1.807) is 18.2 Å². The number of ether oxygens (including phenoxy) is 4. The van der Waals surface area contributed by atoms with Crippen molar-refractivity contribution in [3.05, 3.63) is 29.8 Å². The lowest BCUT2D eigenvalue weighted by Crippen LogP contribution is -2.60. The van der Waals surface area contributed by atoms with Crippen molar-refractivity contribution in [2.75, 3.05) is 26.9 Å². The normalized spacial score (nSPS) is 29.1. The maximum Gasteiger partial charge on any atom is 0.229 e. The van der Waals surface area contributed by atoms with Crippen LogP contribution in [0.15, 0.2) is 24.3 Å². The van der Waals surface area contributed by atoms with Gasteiger partial charge in [-0.2, -0.15) is 0 Å². The fourth-order valence-electron chi connectivity index (χ4n) is 2.55. The number of methoxy groups -OCH3 is 1. The number of hydrogen-bond acceptors (Lipinski definition) is 8. The Kier molecular flexibility index (Phi) is 7.83. The molecule has 4 N–H and O–H groups in total. The van der Waals surface area contributed by atoms with E-state index in [2.05, 4.69) is 0 Å². The molecule has 146 valence electrons. The summed E-state index contributed by atoms with van der Waals surface area (Å²) in [4.78, 5) is 0. The molecule has 1 aliphatic rings. The third-order valence-electron chi connectivity index (χ3n) is 4.01. The van der Waals surface area contributed by atoms with E-state index in [-0.39, 0.29) is 0 Å². The zero-order valence-electron chi connectivity index (χ0n) is 14.8. The lowest BCUT2D eigenvalue weighted by molar-refractivity contribution is -0.277. The fourth-order valence-corrected chi connectivity index (χ4v) is 2.55. The van der Waals surface area contributed by atoms with Crippen LogP contribution in [-0.4, -0.2) is 78.1 Å². The van der Waals surface area contributed by atoms with Gasteiger partial charge in [0.05, 0.1) is 20.3 Å². The molecule has 0 spiro atoms. The van der Waals surface area contributed by atoms with Gasteiger partial charge in [0.25, 0.3) is 0 Å². The van der Waals surface area contributed by atoms with Gasteiger partial charge in [0.1, 0.15) is 24.4 Å². The maximum atomic E-state index is 10.1. The van der Waals surface area contributed by atoms with E-state index >= 15 is 0 Å². The van der Waals surface area contributed by atoms with Crippen LogP contribution in [0.3, 0.4) is 0 Å². The third-order valence-corrected chi connectivity index (χ3v) is 4.01. The van der Waals surface area contributed by atoms with Gasteiger partial charge in [-0.05, 0) is 24.6 Å². The highest BCUT2D eigenvalue weighted by Crippen LogP contribution is 2.32. The number of benzene rings is 1. The minimum atomic E-state index is -1.50. The molecular formula is C18H26O8. The maximum absolute atomic E-state index is 10.1. The Morgan fingerprint density at radius 2 is 1.88 bits per heavy atom. The summed E-state index contributed by atoms with van der Waals surface area (Å²) in [6.45, 7) is 2.54. The van der Waals surface area contributed by atoms with E-state index in [1.165, 1.54) is 7.11 Å². The summed E-state index contributed by atoms with van der Waals surface area (Å²) in [7, 11) is 1.48. The SMILES string of the molecule is CCOCC=Cc1ccc(OC2OC(CO)C(O)C(O)C2O)c(OC)c1. The van der Waals surface area contributed by atoms with Crippen LogP contribution in [0.25, 0.3) is 6.08 Å². The monoisotopic (exact) mass is 370 g/mol. The Labute approximate surface area is 152 Å². The van der Waals surface area contributed by atoms with Crippen LogP contribution in [0.1, 0.15) is 12.5 Å². The number of aliphatic hydroxyl groups excluding tert-OH is 4. The van der Waals surface area contributed by atoms with Gasteiger partial charge in [-0.1, -0.05) is 18.2 Å². The molecule has 0 amide bonds. The summed E-state index contributed by atoms with van der Waals surface area (Å²) < 4.78 is 21.5. The highest BCUT2D eigenvalue weighted by Gasteiger charge is 2.44. The fraction of sp³-hybridized carbons (Fsp3) is 0.556. The first-order valence-electron chi connectivity index (χ1n) is 8.41. The number of rotatable bonds is 8. The predicted molar refractivity (Wildman–Crippen MR) is 92.9 cm³/mol. The smallest absolute Gasteiger partial charge is 0.229 e. The molecule has 1 aromatic carbocycles. The van der Waals surface area contributed by atoms with Gasteiger partial charge in [-0.25, -0.2) is 0 Å². The molecule has 8 heteroatoms. The molecule has 5 atom stereocenters. The number of aliphatic hydroxyl groups is 4. The third kappa shape index (κ3) is 4.94. The molecule has 8 nitrogen and oxygen atoms in total. The first kappa shape index (κ1) is 20.6. The molecule has 0 bridgehead atoms. The summed E-state index contributed by atoms with van der Waals surface area (Å²) in [5, 5.41) is 38.9. The first-order chi connectivity index (χ1) is 12.5. The molecule has 0 radical (unpaired) electrons. The van der Waals surface area contributed by atoms with E-state index in [9.17, 15) is 20.4 Å². The van der Waals surface area contributed by atoms with Crippen LogP contribution in [0, 0.1) is 0 Å². The second-order valence-electron chi connectivity index (χ2n) is 5.79. The van der Waals surface area contributed by atoms with Crippen molar-refractivity contribution in [3.63, 3.8) is 0 Å². The van der Waals surface area contributed by atoms with Crippen molar-refractivity contribution in [3.8, 4) is 11.5 Å². The van der Waals surface area contributed by atoms with E-state index in [0.29, 0.717) is 24.7 Å². The van der Waals surface area contributed by atoms with Gasteiger partial charge in [0.15, 0.2) is 11.5 Å². The second-order valence-corrected chi connectivity index (χ2v) is 5.79. The van der Waals surface area contributed by atoms with Crippen LogP contribution in [0.5, 0.6) is 11.5 Å².